The SMILES string of the molecule is CCc1cc(CN2CCNCC2)c(O)c(C(C)(C)C)c1. The fourth-order valence-corrected chi connectivity index (χ4v) is 2.77. The number of aryl methyl sites for hydroxylation is 1. The molecule has 0 atom stereocenters. The van der Waals surface area contributed by atoms with Gasteiger partial charge in [0.15, 0.2) is 0 Å². The Morgan fingerprint density at radius 3 is 2.40 bits per heavy atom. The summed E-state index contributed by atoms with van der Waals surface area (Å²) in [5, 5.41) is 14.0. The Labute approximate surface area is 123 Å². The zero-order valence-corrected chi connectivity index (χ0v) is 13.3. The largest absolute Gasteiger partial charge is 0.507 e. The van der Waals surface area contributed by atoms with Crippen molar-refractivity contribution in [1.82, 2.24) is 10.2 Å². The van der Waals surface area contributed by atoms with Crippen LogP contribution in [0, 0.1) is 0 Å². The summed E-state index contributed by atoms with van der Waals surface area (Å²) in [6.07, 6.45) is 1.01. The molecule has 3 nitrogen and oxygen atoms in total. The molecule has 0 unspecified atom stereocenters. The van der Waals surface area contributed by atoms with E-state index in [0.717, 1.165) is 50.3 Å². The van der Waals surface area contributed by atoms with E-state index < -0.39 is 0 Å². The molecule has 0 radical (unpaired) electrons. The van der Waals surface area contributed by atoms with Crippen molar-refractivity contribution in [1.29, 1.82) is 0 Å². The summed E-state index contributed by atoms with van der Waals surface area (Å²) >= 11 is 0. The van der Waals surface area contributed by atoms with Gasteiger partial charge in [0.2, 0.25) is 0 Å². The zero-order valence-electron chi connectivity index (χ0n) is 13.3. The minimum Gasteiger partial charge on any atom is -0.507 e. The molecule has 1 aliphatic rings. The van der Waals surface area contributed by atoms with Gasteiger partial charge in [0, 0.05) is 38.3 Å². The van der Waals surface area contributed by atoms with Crippen LogP contribution < -0.4 is 5.32 Å². The number of hydrogen-bond donors (Lipinski definition) is 2. The van der Waals surface area contributed by atoms with Crippen LogP contribution in [0.15, 0.2) is 12.1 Å². The van der Waals surface area contributed by atoms with Crippen LogP contribution in [0.5, 0.6) is 5.75 Å². The van der Waals surface area contributed by atoms with Crippen LogP contribution in [0.3, 0.4) is 0 Å². The van der Waals surface area contributed by atoms with Crippen molar-refractivity contribution in [2.45, 2.75) is 46.1 Å². The number of hydrogen-bond acceptors (Lipinski definition) is 3. The molecule has 2 N–H and O–H groups in total. The molecule has 112 valence electrons. The van der Waals surface area contributed by atoms with Gasteiger partial charge in [-0.05, 0) is 23.0 Å². The molecule has 3 heteroatoms. The molecule has 0 aromatic heterocycles. The summed E-state index contributed by atoms with van der Waals surface area (Å²) in [6, 6.07) is 4.34. The molecule has 1 heterocycles. The first-order valence-corrected chi connectivity index (χ1v) is 7.70. The van der Waals surface area contributed by atoms with Gasteiger partial charge < -0.3 is 10.4 Å². The van der Waals surface area contributed by atoms with Gasteiger partial charge in [-0.15, -0.1) is 0 Å². The van der Waals surface area contributed by atoms with E-state index >= 15 is 0 Å². The van der Waals surface area contributed by atoms with Crippen molar-refractivity contribution in [3.63, 3.8) is 0 Å². The van der Waals surface area contributed by atoms with Crippen LogP contribution in [0.2, 0.25) is 0 Å². The number of nitrogens with one attached hydrogen (secondary N) is 1. The van der Waals surface area contributed by atoms with Crippen molar-refractivity contribution in [2.75, 3.05) is 26.2 Å². The third kappa shape index (κ3) is 3.53. The van der Waals surface area contributed by atoms with E-state index in [-0.39, 0.29) is 5.41 Å². The molecule has 1 aliphatic heterocycles. The highest BCUT2D eigenvalue weighted by molar-refractivity contribution is 5.47. The molecule has 0 spiro atoms. The number of aromatic hydroxyl groups is 1. The molecule has 1 fully saturated rings. The summed E-state index contributed by atoms with van der Waals surface area (Å²) in [7, 11) is 0. The zero-order chi connectivity index (χ0) is 14.8. The molecular weight excluding hydrogens is 248 g/mol. The predicted octanol–water partition coefficient (Wildman–Crippen LogP) is 2.66. The van der Waals surface area contributed by atoms with Crippen LogP contribution in [-0.4, -0.2) is 36.2 Å². The Hall–Kier alpha value is -1.06. The molecule has 0 aliphatic carbocycles. The molecule has 20 heavy (non-hydrogen) atoms. The number of phenols is 1. The monoisotopic (exact) mass is 276 g/mol. The predicted molar refractivity (Wildman–Crippen MR) is 84.3 cm³/mol. The van der Waals surface area contributed by atoms with Gasteiger partial charge in [0.05, 0.1) is 0 Å². The summed E-state index contributed by atoms with van der Waals surface area (Å²) in [5.74, 6) is 0.494. The maximum atomic E-state index is 10.6. The van der Waals surface area contributed by atoms with E-state index in [4.69, 9.17) is 0 Å². The standard InChI is InChI=1S/C17H28N2O/c1-5-13-10-14(12-19-8-6-18-7-9-19)16(20)15(11-13)17(2,3)4/h10-11,18,20H,5-9,12H2,1-4H3. The smallest absolute Gasteiger partial charge is 0.123 e. The van der Waals surface area contributed by atoms with Gasteiger partial charge in [0.25, 0.3) is 0 Å². The second-order valence-corrected chi connectivity index (χ2v) is 6.78. The topological polar surface area (TPSA) is 35.5 Å². The summed E-state index contributed by atoms with van der Waals surface area (Å²) < 4.78 is 0. The molecule has 2 rings (SSSR count). The molecule has 0 bridgehead atoms. The normalized spacial score (nSPS) is 17.4. The molecule has 0 amide bonds. The first kappa shape index (κ1) is 15.3. The second-order valence-electron chi connectivity index (χ2n) is 6.78. The van der Waals surface area contributed by atoms with E-state index in [2.05, 4.69) is 50.0 Å². The highest BCUT2D eigenvalue weighted by Gasteiger charge is 2.22. The molecule has 1 saturated heterocycles. The average molecular weight is 276 g/mol. The van der Waals surface area contributed by atoms with Crippen molar-refractivity contribution >= 4 is 0 Å². The van der Waals surface area contributed by atoms with Crippen LogP contribution in [0.25, 0.3) is 0 Å². The van der Waals surface area contributed by atoms with E-state index in [1.807, 2.05) is 0 Å². The highest BCUT2D eigenvalue weighted by atomic mass is 16.3. The van der Waals surface area contributed by atoms with Crippen molar-refractivity contribution in [3.8, 4) is 5.75 Å². The Morgan fingerprint density at radius 1 is 1.20 bits per heavy atom. The Morgan fingerprint density at radius 2 is 1.85 bits per heavy atom. The van der Waals surface area contributed by atoms with Gasteiger partial charge in [-0.25, -0.2) is 0 Å². The first-order valence-electron chi connectivity index (χ1n) is 7.70. The number of phenolic OH excluding ortho intramolecular Hbond substituents is 1. The number of piperazine rings is 1. The van der Waals surface area contributed by atoms with Crippen LogP contribution in [0.4, 0.5) is 0 Å². The summed E-state index contributed by atoms with van der Waals surface area (Å²) in [5.41, 5.74) is 3.45. The Bertz CT molecular complexity index is 457. The van der Waals surface area contributed by atoms with Crippen molar-refractivity contribution in [3.05, 3.63) is 28.8 Å². The lowest BCUT2D eigenvalue weighted by Crippen LogP contribution is -2.42. The van der Waals surface area contributed by atoms with Crippen LogP contribution in [0.1, 0.15) is 44.4 Å². The van der Waals surface area contributed by atoms with Gasteiger partial charge in [-0.2, -0.15) is 0 Å². The molecule has 1 aromatic rings. The van der Waals surface area contributed by atoms with Gasteiger partial charge in [0.1, 0.15) is 5.75 Å². The number of nitrogens with zero attached hydrogens (tertiary/aromatic N) is 1. The summed E-state index contributed by atoms with van der Waals surface area (Å²) in [4.78, 5) is 2.41. The third-order valence-electron chi connectivity index (χ3n) is 4.07. The van der Waals surface area contributed by atoms with E-state index in [1.54, 1.807) is 0 Å². The minimum absolute atomic E-state index is 0.0204. The van der Waals surface area contributed by atoms with Crippen LogP contribution >= 0.6 is 0 Å². The van der Waals surface area contributed by atoms with E-state index in [1.165, 1.54) is 5.56 Å². The molecule has 1 aromatic carbocycles. The second kappa shape index (κ2) is 6.15. The quantitative estimate of drug-likeness (QED) is 0.891. The van der Waals surface area contributed by atoms with Gasteiger partial charge in [-0.1, -0.05) is 39.8 Å². The minimum atomic E-state index is -0.0204. The van der Waals surface area contributed by atoms with Crippen LogP contribution in [-0.2, 0) is 18.4 Å². The lowest BCUT2D eigenvalue weighted by atomic mass is 9.83. The van der Waals surface area contributed by atoms with E-state index in [9.17, 15) is 5.11 Å². The highest BCUT2D eigenvalue weighted by Crippen LogP contribution is 2.35. The third-order valence-corrected chi connectivity index (χ3v) is 4.07. The molecular formula is C17H28N2O. The van der Waals surface area contributed by atoms with Crippen molar-refractivity contribution < 1.29 is 5.11 Å². The van der Waals surface area contributed by atoms with Gasteiger partial charge >= 0.3 is 0 Å². The number of rotatable bonds is 3. The maximum Gasteiger partial charge on any atom is 0.123 e. The average Bonchev–Trinajstić information content (AvgIpc) is 2.41. The van der Waals surface area contributed by atoms with Gasteiger partial charge in [-0.3, -0.25) is 4.90 Å². The first-order chi connectivity index (χ1) is 9.41. The fourth-order valence-electron chi connectivity index (χ4n) is 2.77. The number of benzene rings is 1. The lowest BCUT2D eigenvalue weighted by Gasteiger charge is -2.29. The summed E-state index contributed by atoms with van der Waals surface area (Å²) in [6.45, 7) is 13.7. The van der Waals surface area contributed by atoms with E-state index in [0.29, 0.717) is 5.75 Å². The molecule has 0 saturated carbocycles. The van der Waals surface area contributed by atoms with Crippen molar-refractivity contribution in [2.24, 2.45) is 0 Å². The Kier molecular flexibility index (Phi) is 4.71. The fraction of sp³-hybridized carbons (Fsp3) is 0.647. The Balaban J connectivity index is 2.31. The lowest BCUT2D eigenvalue weighted by molar-refractivity contribution is 0.230. The maximum absolute atomic E-state index is 10.6.